The van der Waals surface area contributed by atoms with E-state index in [0.717, 1.165) is 0 Å². The zero-order valence-electron chi connectivity index (χ0n) is 23.9. The highest BCUT2D eigenvalue weighted by Crippen LogP contribution is 2.18. The Morgan fingerprint density at radius 2 is 1.57 bits per heavy atom. The van der Waals surface area contributed by atoms with Crippen LogP contribution < -0.4 is 21.3 Å². The third kappa shape index (κ3) is 12.9. The van der Waals surface area contributed by atoms with Crippen molar-refractivity contribution in [2.24, 2.45) is 11.8 Å². The summed E-state index contributed by atoms with van der Waals surface area (Å²) in [5, 5.41) is 39.1. The van der Waals surface area contributed by atoms with Gasteiger partial charge >= 0.3 is 7.12 Å². The van der Waals surface area contributed by atoms with Crippen LogP contribution in [0.3, 0.4) is 0 Å². The molecule has 0 aliphatic carbocycles. The second-order valence-electron chi connectivity index (χ2n) is 10.3. The molecule has 0 aliphatic rings. The molecule has 1 rings (SSSR count). The van der Waals surface area contributed by atoms with Gasteiger partial charge in [-0.3, -0.25) is 19.2 Å². The molecule has 0 spiro atoms. The van der Waals surface area contributed by atoms with Crippen molar-refractivity contribution in [1.82, 2.24) is 21.3 Å². The molecular formula is C28H42BN5O6. The molecule has 3 atom stereocenters. The highest BCUT2D eigenvalue weighted by Gasteiger charge is 2.28. The lowest BCUT2D eigenvalue weighted by Gasteiger charge is -2.25. The quantitative estimate of drug-likeness (QED) is 0.0771. The Bertz CT molecular complexity index is 1060. The first-order valence-electron chi connectivity index (χ1n) is 13.6. The average Bonchev–Trinajstić information content (AvgIpc) is 2.90. The molecule has 6 N–H and O–H groups in total. The molecule has 1 aromatic carbocycles. The third-order valence-corrected chi connectivity index (χ3v) is 5.94. The molecule has 0 heterocycles. The monoisotopic (exact) mass is 555 g/mol. The SMILES string of the molecule is CC(C)C=C(C#N)C(=O)NCCCC[C@H](NC(=O)[C@H](C)NC(=O)C(C)C)C(=O)N[C@H](CB(O)O)c1ccccc1. The summed E-state index contributed by atoms with van der Waals surface area (Å²) in [6, 6.07) is 8.11. The Balaban J connectivity index is 2.92. The van der Waals surface area contributed by atoms with Gasteiger partial charge in [-0.15, -0.1) is 0 Å². The van der Waals surface area contributed by atoms with Crippen LogP contribution >= 0.6 is 0 Å². The maximum absolute atomic E-state index is 13.3. The molecule has 40 heavy (non-hydrogen) atoms. The van der Waals surface area contributed by atoms with Crippen LogP contribution in [0.1, 0.15) is 65.5 Å². The van der Waals surface area contributed by atoms with E-state index < -0.39 is 43.0 Å². The fourth-order valence-electron chi connectivity index (χ4n) is 3.73. The Morgan fingerprint density at radius 3 is 2.12 bits per heavy atom. The van der Waals surface area contributed by atoms with Crippen molar-refractivity contribution in [3.8, 4) is 6.07 Å². The van der Waals surface area contributed by atoms with Crippen molar-refractivity contribution in [1.29, 1.82) is 5.26 Å². The molecule has 0 bridgehead atoms. The van der Waals surface area contributed by atoms with Crippen LogP contribution in [0.15, 0.2) is 42.0 Å². The summed E-state index contributed by atoms with van der Waals surface area (Å²) in [5.41, 5.74) is 0.701. The van der Waals surface area contributed by atoms with Gasteiger partial charge in [-0.05, 0) is 37.7 Å². The number of rotatable bonds is 16. The van der Waals surface area contributed by atoms with Crippen LogP contribution in [0.2, 0.25) is 6.32 Å². The molecule has 12 heteroatoms. The topological polar surface area (TPSA) is 181 Å². The first-order chi connectivity index (χ1) is 18.8. The lowest BCUT2D eigenvalue weighted by Crippen LogP contribution is -2.53. The van der Waals surface area contributed by atoms with Gasteiger partial charge in [-0.25, -0.2) is 0 Å². The number of allylic oxidation sites excluding steroid dienone is 1. The Kier molecular flexibility index (Phi) is 15.3. The third-order valence-electron chi connectivity index (χ3n) is 5.94. The van der Waals surface area contributed by atoms with Gasteiger partial charge < -0.3 is 31.3 Å². The van der Waals surface area contributed by atoms with Crippen LogP contribution in [0, 0.1) is 23.2 Å². The van der Waals surface area contributed by atoms with E-state index in [4.69, 9.17) is 0 Å². The number of carbonyl (C=O) groups excluding carboxylic acids is 4. The highest BCUT2D eigenvalue weighted by atomic mass is 16.4. The van der Waals surface area contributed by atoms with Gasteiger partial charge in [-0.2, -0.15) is 5.26 Å². The number of unbranched alkanes of at least 4 members (excludes halogenated alkanes) is 1. The molecule has 0 unspecified atom stereocenters. The molecule has 4 amide bonds. The van der Waals surface area contributed by atoms with Gasteiger partial charge in [-0.1, -0.05) is 64.1 Å². The molecular weight excluding hydrogens is 513 g/mol. The van der Waals surface area contributed by atoms with E-state index in [1.807, 2.05) is 19.9 Å². The van der Waals surface area contributed by atoms with E-state index in [-0.39, 0.29) is 42.6 Å². The molecule has 0 fully saturated rings. The largest absolute Gasteiger partial charge is 0.453 e. The standard InChI is InChI=1S/C28H42BN5O6/c1-18(2)15-22(17-30)27(37)31-14-10-9-13-23(33-26(36)20(5)32-25(35)19(3)4)28(38)34-24(16-29(39)40)21-11-7-6-8-12-21/h6-8,11-12,15,18-20,23-24,39-40H,9-10,13-14,16H2,1-5H3,(H,31,37)(H,32,35)(H,33,36)(H,34,38)/t20-,23-,24+/m0/s1. The number of amides is 4. The minimum absolute atomic E-state index is 0.0370. The molecule has 0 aromatic heterocycles. The van der Waals surface area contributed by atoms with Crippen molar-refractivity contribution in [2.45, 2.75) is 78.3 Å². The summed E-state index contributed by atoms with van der Waals surface area (Å²) in [4.78, 5) is 50.4. The lowest BCUT2D eigenvalue weighted by molar-refractivity contribution is -0.132. The van der Waals surface area contributed by atoms with Crippen molar-refractivity contribution >= 4 is 30.7 Å². The van der Waals surface area contributed by atoms with E-state index in [0.29, 0.717) is 18.4 Å². The van der Waals surface area contributed by atoms with Gasteiger partial charge in [0, 0.05) is 18.8 Å². The first kappa shape index (κ1) is 34.3. The van der Waals surface area contributed by atoms with E-state index in [9.17, 15) is 34.5 Å². The number of nitrogens with one attached hydrogen (secondary N) is 4. The highest BCUT2D eigenvalue weighted by molar-refractivity contribution is 6.41. The van der Waals surface area contributed by atoms with Gasteiger partial charge in [0.1, 0.15) is 23.7 Å². The molecule has 0 saturated heterocycles. The summed E-state index contributed by atoms with van der Waals surface area (Å²) < 4.78 is 0. The number of nitrogens with zero attached hydrogens (tertiary/aromatic N) is 1. The van der Waals surface area contributed by atoms with E-state index in [1.54, 1.807) is 50.3 Å². The minimum atomic E-state index is -1.67. The second kappa shape index (κ2) is 17.8. The van der Waals surface area contributed by atoms with Gasteiger partial charge in [0.2, 0.25) is 17.7 Å². The number of benzene rings is 1. The number of hydrogen-bond donors (Lipinski definition) is 6. The van der Waals surface area contributed by atoms with Crippen LogP contribution in [-0.4, -0.2) is 59.4 Å². The zero-order valence-corrected chi connectivity index (χ0v) is 23.9. The minimum Gasteiger partial charge on any atom is -0.427 e. The predicted octanol–water partition coefficient (Wildman–Crippen LogP) is 1.35. The summed E-state index contributed by atoms with van der Waals surface area (Å²) in [6.45, 7) is 8.92. The summed E-state index contributed by atoms with van der Waals surface area (Å²) in [6.07, 6.45) is 2.56. The zero-order chi connectivity index (χ0) is 30.2. The summed E-state index contributed by atoms with van der Waals surface area (Å²) in [7, 11) is -1.67. The van der Waals surface area contributed by atoms with Crippen molar-refractivity contribution in [2.75, 3.05) is 6.54 Å². The number of hydrogen-bond acceptors (Lipinski definition) is 7. The van der Waals surface area contributed by atoms with E-state index >= 15 is 0 Å². The van der Waals surface area contributed by atoms with Gasteiger partial charge in [0.15, 0.2) is 0 Å². The van der Waals surface area contributed by atoms with Crippen molar-refractivity contribution in [3.63, 3.8) is 0 Å². The fourth-order valence-corrected chi connectivity index (χ4v) is 3.73. The maximum atomic E-state index is 13.3. The fraction of sp³-hybridized carbons (Fsp3) is 0.536. The Morgan fingerprint density at radius 1 is 0.925 bits per heavy atom. The van der Waals surface area contributed by atoms with E-state index in [2.05, 4.69) is 21.3 Å². The average molecular weight is 555 g/mol. The van der Waals surface area contributed by atoms with Crippen LogP contribution in [0.4, 0.5) is 0 Å². The first-order valence-corrected chi connectivity index (χ1v) is 13.6. The molecule has 0 aliphatic heterocycles. The summed E-state index contributed by atoms with van der Waals surface area (Å²) in [5.74, 6) is -2.12. The second-order valence-corrected chi connectivity index (χ2v) is 10.3. The van der Waals surface area contributed by atoms with Crippen LogP contribution in [0.25, 0.3) is 0 Å². The number of nitriles is 1. The van der Waals surface area contributed by atoms with Crippen LogP contribution in [0.5, 0.6) is 0 Å². The van der Waals surface area contributed by atoms with E-state index in [1.165, 1.54) is 6.92 Å². The normalized spacial score (nSPS) is 13.6. The molecule has 11 nitrogen and oxygen atoms in total. The van der Waals surface area contributed by atoms with Gasteiger partial charge in [0.05, 0.1) is 6.04 Å². The molecule has 218 valence electrons. The van der Waals surface area contributed by atoms with Crippen molar-refractivity contribution < 1.29 is 29.2 Å². The molecule has 0 radical (unpaired) electrons. The molecule has 0 saturated carbocycles. The van der Waals surface area contributed by atoms with Gasteiger partial charge in [0.25, 0.3) is 5.91 Å². The Hall–Kier alpha value is -3.69. The summed E-state index contributed by atoms with van der Waals surface area (Å²) >= 11 is 0. The predicted molar refractivity (Wildman–Crippen MR) is 152 cm³/mol. The maximum Gasteiger partial charge on any atom is 0.453 e. The van der Waals surface area contributed by atoms with Crippen molar-refractivity contribution in [3.05, 3.63) is 47.5 Å². The lowest BCUT2D eigenvalue weighted by atomic mass is 9.79. The smallest absolute Gasteiger partial charge is 0.427 e. The number of carbonyl (C=O) groups is 4. The Labute approximate surface area is 236 Å². The van der Waals surface area contributed by atoms with Crippen LogP contribution in [-0.2, 0) is 19.2 Å². The molecule has 1 aromatic rings.